The van der Waals surface area contributed by atoms with E-state index in [1.165, 1.54) is 0 Å². The summed E-state index contributed by atoms with van der Waals surface area (Å²) < 4.78 is 13.2. The van der Waals surface area contributed by atoms with Gasteiger partial charge in [-0.3, -0.25) is 4.79 Å². The molecule has 6 heteroatoms. The third kappa shape index (κ3) is 5.00. The van der Waals surface area contributed by atoms with Crippen molar-refractivity contribution >= 4 is 17.4 Å². The lowest BCUT2D eigenvalue weighted by Gasteiger charge is -2.11. The molecule has 1 heterocycles. The van der Waals surface area contributed by atoms with Crippen molar-refractivity contribution in [2.24, 2.45) is 0 Å². The average molecular weight is 367 g/mol. The zero-order valence-corrected chi connectivity index (χ0v) is 15.6. The maximum Gasteiger partial charge on any atom is 0.207 e. The molecule has 0 unspecified atom stereocenters. The van der Waals surface area contributed by atoms with Gasteiger partial charge in [0.2, 0.25) is 6.41 Å². The quantitative estimate of drug-likeness (QED) is 0.418. The fourth-order valence-corrected chi connectivity index (χ4v) is 3.06. The molecule has 0 aliphatic carbocycles. The molecule has 6 nitrogen and oxygen atoms in total. The van der Waals surface area contributed by atoms with Crippen molar-refractivity contribution in [1.29, 1.82) is 0 Å². The monoisotopic (exact) mass is 367 g/mol. The van der Waals surface area contributed by atoms with Gasteiger partial charge in [0, 0.05) is 19.5 Å². The lowest BCUT2D eigenvalue weighted by Crippen LogP contribution is -2.14. The van der Waals surface area contributed by atoms with Crippen LogP contribution in [0.1, 0.15) is 18.7 Å². The minimum Gasteiger partial charge on any atom is -0.497 e. The predicted octanol–water partition coefficient (Wildman–Crippen LogP) is 3.19. The summed E-state index contributed by atoms with van der Waals surface area (Å²) in [6.07, 6.45) is 3.31. The fraction of sp³-hybridized carbons (Fsp3) is 0.333. The number of benzene rings is 2. The van der Waals surface area contributed by atoms with Crippen molar-refractivity contribution in [2.75, 3.05) is 20.3 Å². The number of nitrogens with one attached hydrogen (secondary N) is 1. The molecule has 0 radical (unpaired) electrons. The van der Waals surface area contributed by atoms with Crippen LogP contribution in [0.5, 0.6) is 11.5 Å². The first-order valence-electron chi connectivity index (χ1n) is 9.20. The van der Waals surface area contributed by atoms with E-state index >= 15 is 0 Å². The van der Waals surface area contributed by atoms with Crippen molar-refractivity contribution < 1.29 is 14.3 Å². The van der Waals surface area contributed by atoms with Gasteiger partial charge in [-0.05, 0) is 49.2 Å². The summed E-state index contributed by atoms with van der Waals surface area (Å²) in [4.78, 5) is 15.2. The molecule has 0 spiro atoms. The Kier molecular flexibility index (Phi) is 6.68. The Morgan fingerprint density at radius 3 is 2.63 bits per heavy atom. The number of ether oxygens (including phenoxy) is 2. The zero-order chi connectivity index (χ0) is 18.9. The first kappa shape index (κ1) is 18.8. The second-order valence-corrected chi connectivity index (χ2v) is 6.22. The van der Waals surface area contributed by atoms with Gasteiger partial charge in [0.15, 0.2) is 0 Å². The van der Waals surface area contributed by atoms with Gasteiger partial charge in [0.25, 0.3) is 0 Å². The van der Waals surface area contributed by atoms with Gasteiger partial charge in [-0.15, -0.1) is 0 Å². The normalized spacial score (nSPS) is 10.7. The Labute approximate surface area is 159 Å². The number of carbonyl (C=O) groups excluding carboxylic acids is 1. The Balaban J connectivity index is 1.59. The molecule has 0 bridgehead atoms. The molecule has 2 aromatic carbocycles. The van der Waals surface area contributed by atoms with E-state index in [2.05, 4.69) is 16.0 Å². The second kappa shape index (κ2) is 9.62. The van der Waals surface area contributed by atoms with E-state index in [0.29, 0.717) is 13.2 Å². The summed E-state index contributed by atoms with van der Waals surface area (Å²) in [6, 6.07) is 15.8. The maximum absolute atomic E-state index is 10.4. The van der Waals surface area contributed by atoms with Crippen LogP contribution in [0.25, 0.3) is 11.0 Å². The number of imidazole rings is 1. The number of nitrogens with zero attached hydrogens (tertiary/aromatic N) is 2. The Hall–Kier alpha value is -3.02. The molecule has 0 saturated heterocycles. The molecular weight excluding hydrogens is 342 g/mol. The van der Waals surface area contributed by atoms with Crippen LogP contribution in [0.4, 0.5) is 0 Å². The van der Waals surface area contributed by atoms with Gasteiger partial charge in [-0.2, -0.15) is 0 Å². The molecule has 1 aromatic heterocycles. The minimum absolute atomic E-state index is 0.630. The number of para-hydroxylation sites is 2. The van der Waals surface area contributed by atoms with Gasteiger partial charge < -0.3 is 19.4 Å². The van der Waals surface area contributed by atoms with Crippen molar-refractivity contribution in [1.82, 2.24) is 14.9 Å². The molecule has 0 saturated carbocycles. The lowest BCUT2D eigenvalue weighted by atomic mass is 10.3. The van der Waals surface area contributed by atoms with E-state index < -0.39 is 0 Å². The van der Waals surface area contributed by atoms with Crippen molar-refractivity contribution in [3.8, 4) is 11.5 Å². The number of carbonyl (C=O) groups is 1. The zero-order valence-electron chi connectivity index (χ0n) is 15.6. The molecule has 3 aromatic rings. The summed E-state index contributed by atoms with van der Waals surface area (Å²) in [6.45, 7) is 2.13. The highest BCUT2D eigenvalue weighted by molar-refractivity contribution is 5.75. The second-order valence-electron chi connectivity index (χ2n) is 6.22. The largest absolute Gasteiger partial charge is 0.497 e. The summed E-state index contributed by atoms with van der Waals surface area (Å²) >= 11 is 0. The van der Waals surface area contributed by atoms with Crippen LogP contribution in [-0.4, -0.2) is 36.2 Å². The fourth-order valence-electron chi connectivity index (χ4n) is 3.06. The highest BCUT2D eigenvalue weighted by Gasteiger charge is 2.10. The average Bonchev–Trinajstić information content (AvgIpc) is 3.06. The highest BCUT2D eigenvalue weighted by Crippen LogP contribution is 2.19. The minimum atomic E-state index is 0.630. The predicted molar refractivity (Wildman–Crippen MR) is 105 cm³/mol. The first-order chi connectivity index (χ1) is 13.3. The maximum atomic E-state index is 10.4. The van der Waals surface area contributed by atoms with E-state index in [1.54, 1.807) is 7.11 Å². The Morgan fingerprint density at radius 1 is 1.07 bits per heavy atom. The van der Waals surface area contributed by atoms with Gasteiger partial charge in [-0.1, -0.05) is 12.1 Å². The molecule has 142 valence electrons. The third-order valence-corrected chi connectivity index (χ3v) is 4.39. The summed E-state index contributed by atoms with van der Waals surface area (Å²) in [5.41, 5.74) is 2.15. The molecule has 0 aliphatic rings. The van der Waals surface area contributed by atoms with Gasteiger partial charge >= 0.3 is 0 Å². The van der Waals surface area contributed by atoms with Crippen molar-refractivity contribution in [3.05, 3.63) is 54.4 Å². The summed E-state index contributed by atoms with van der Waals surface area (Å²) in [7, 11) is 1.65. The van der Waals surface area contributed by atoms with E-state index in [1.807, 2.05) is 42.5 Å². The number of hydrogen-bond acceptors (Lipinski definition) is 4. The van der Waals surface area contributed by atoms with Crippen molar-refractivity contribution in [3.63, 3.8) is 0 Å². The topological polar surface area (TPSA) is 65.4 Å². The Bertz CT molecular complexity index is 859. The van der Waals surface area contributed by atoms with E-state index in [-0.39, 0.29) is 0 Å². The van der Waals surface area contributed by atoms with Crippen LogP contribution in [0.3, 0.4) is 0 Å². The third-order valence-electron chi connectivity index (χ3n) is 4.39. The molecule has 27 heavy (non-hydrogen) atoms. The summed E-state index contributed by atoms with van der Waals surface area (Å²) in [5, 5.41) is 2.70. The van der Waals surface area contributed by atoms with Gasteiger partial charge in [0.1, 0.15) is 17.3 Å². The number of aryl methyl sites for hydroxylation is 2. The number of rotatable bonds is 11. The number of aromatic nitrogens is 2. The number of fused-ring (bicyclic) bond motifs is 1. The van der Waals surface area contributed by atoms with Crippen LogP contribution in [-0.2, 0) is 17.8 Å². The molecule has 3 rings (SSSR count). The van der Waals surface area contributed by atoms with Gasteiger partial charge in [0.05, 0.1) is 24.8 Å². The smallest absolute Gasteiger partial charge is 0.207 e. The molecular formula is C21H25N3O3. The SMILES string of the molecule is COc1ccc(OCCCn2c(CCCNC=O)nc3ccccc32)cc1. The van der Waals surface area contributed by atoms with E-state index in [9.17, 15) is 4.79 Å². The first-order valence-corrected chi connectivity index (χ1v) is 9.20. The number of methoxy groups -OCH3 is 1. The van der Waals surface area contributed by atoms with Crippen LogP contribution in [0.15, 0.2) is 48.5 Å². The van der Waals surface area contributed by atoms with Crippen LogP contribution in [0.2, 0.25) is 0 Å². The van der Waals surface area contributed by atoms with Crippen molar-refractivity contribution in [2.45, 2.75) is 25.8 Å². The highest BCUT2D eigenvalue weighted by atomic mass is 16.5. The molecule has 1 N–H and O–H groups in total. The van der Waals surface area contributed by atoms with E-state index in [4.69, 9.17) is 14.5 Å². The molecule has 1 amide bonds. The van der Waals surface area contributed by atoms with Gasteiger partial charge in [-0.25, -0.2) is 4.98 Å². The Morgan fingerprint density at radius 2 is 1.85 bits per heavy atom. The molecule has 0 atom stereocenters. The van der Waals surface area contributed by atoms with E-state index in [0.717, 1.165) is 60.6 Å². The van der Waals surface area contributed by atoms with Crippen LogP contribution < -0.4 is 14.8 Å². The van der Waals surface area contributed by atoms with Crippen LogP contribution in [0, 0.1) is 0 Å². The standard InChI is InChI=1S/C21H25N3O3/c1-26-17-9-11-18(12-10-17)27-15-5-14-24-20-7-3-2-6-19(20)23-21(24)8-4-13-22-16-25/h2-3,6-7,9-12,16H,4-5,8,13-15H2,1H3,(H,22,25). The molecule has 0 fully saturated rings. The lowest BCUT2D eigenvalue weighted by molar-refractivity contribution is -0.109. The molecule has 0 aliphatic heterocycles. The number of hydrogen-bond donors (Lipinski definition) is 1. The number of amides is 1. The van der Waals surface area contributed by atoms with Crippen LogP contribution >= 0.6 is 0 Å². The summed E-state index contributed by atoms with van der Waals surface area (Å²) in [5.74, 6) is 2.71.